The van der Waals surface area contributed by atoms with Gasteiger partial charge in [0.25, 0.3) is 5.91 Å². The van der Waals surface area contributed by atoms with E-state index in [9.17, 15) is 9.59 Å². The van der Waals surface area contributed by atoms with Crippen LogP contribution in [0.15, 0.2) is 24.4 Å². The minimum atomic E-state index is -1.11. The topological polar surface area (TPSA) is 131 Å². The molecular formula is C15H16N8O3. The zero-order valence-corrected chi connectivity index (χ0v) is 13.8. The van der Waals surface area contributed by atoms with E-state index in [0.717, 1.165) is 12.8 Å². The Morgan fingerprint density at radius 2 is 2.12 bits per heavy atom. The van der Waals surface area contributed by atoms with E-state index < -0.39 is 5.97 Å². The van der Waals surface area contributed by atoms with Gasteiger partial charge in [-0.2, -0.15) is 4.52 Å². The molecule has 0 saturated carbocycles. The minimum Gasteiger partial charge on any atom is -0.476 e. The Balaban J connectivity index is 1.48. The maximum absolute atomic E-state index is 12.9. The first-order chi connectivity index (χ1) is 12.6. The molecule has 1 aliphatic heterocycles. The summed E-state index contributed by atoms with van der Waals surface area (Å²) < 4.78 is 2.95. The van der Waals surface area contributed by atoms with E-state index in [4.69, 9.17) is 5.11 Å². The number of fused-ring (bicyclic) bond motifs is 1. The number of amides is 1. The quantitative estimate of drug-likeness (QED) is 0.689. The van der Waals surface area contributed by atoms with Crippen LogP contribution in [0.1, 0.15) is 33.8 Å². The van der Waals surface area contributed by atoms with Gasteiger partial charge in [-0.25, -0.2) is 4.79 Å². The summed E-state index contributed by atoms with van der Waals surface area (Å²) in [7, 11) is 0. The zero-order valence-electron chi connectivity index (χ0n) is 13.8. The van der Waals surface area contributed by atoms with Gasteiger partial charge in [0.05, 0.1) is 6.20 Å². The number of nitrogens with zero attached hydrogens (tertiary/aromatic N) is 8. The molecule has 4 rings (SSSR count). The lowest BCUT2D eigenvalue weighted by Gasteiger charge is -2.32. The number of carbonyl (C=O) groups is 2. The molecule has 1 unspecified atom stereocenters. The summed E-state index contributed by atoms with van der Waals surface area (Å²) in [4.78, 5) is 25.6. The first kappa shape index (κ1) is 16.1. The first-order valence-electron chi connectivity index (χ1n) is 8.21. The van der Waals surface area contributed by atoms with Crippen LogP contribution in [0.4, 0.5) is 0 Å². The number of rotatable bonds is 4. The predicted octanol–water partition coefficient (Wildman–Crippen LogP) is -0.0336. The molecule has 0 spiro atoms. The second-order valence-electron chi connectivity index (χ2n) is 6.25. The van der Waals surface area contributed by atoms with Crippen molar-refractivity contribution < 1.29 is 14.7 Å². The average molecular weight is 356 g/mol. The highest BCUT2D eigenvalue weighted by Gasteiger charge is 2.27. The molecule has 1 aliphatic rings. The highest BCUT2D eigenvalue weighted by molar-refractivity contribution is 5.93. The maximum atomic E-state index is 12.9. The van der Waals surface area contributed by atoms with E-state index >= 15 is 0 Å². The molecule has 4 heterocycles. The van der Waals surface area contributed by atoms with Gasteiger partial charge in [0, 0.05) is 19.6 Å². The number of likely N-dealkylation sites (tertiary alicyclic amines) is 1. The van der Waals surface area contributed by atoms with Gasteiger partial charge < -0.3 is 10.0 Å². The number of carbonyl (C=O) groups excluding carboxylic acids is 1. The molecule has 26 heavy (non-hydrogen) atoms. The average Bonchev–Trinajstić information content (AvgIpc) is 3.30. The normalized spacial score (nSPS) is 17.5. The highest BCUT2D eigenvalue weighted by Crippen LogP contribution is 2.20. The molecule has 1 atom stereocenters. The monoisotopic (exact) mass is 356 g/mol. The molecular weight excluding hydrogens is 340 g/mol. The van der Waals surface area contributed by atoms with Crippen LogP contribution in [0.25, 0.3) is 5.65 Å². The summed E-state index contributed by atoms with van der Waals surface area (Å²) in [5, 5.41) is 27.7. The van der Waals surface area contributed by atoms with Crippen molar-refractivity contribution in [2.24, 2.45) is 5.92 Å². The molecule has 0 aliphatic carbocycles. The Hall–Kier alpha value is -3.37. The third-order valence-corrected chi connectivity index (χ3v) is 4.45. The second kappa shape index (κ2) is 6.50. The molecule has 11 nitrogen and oxygen atoms in total. The van der Waals surface area contributed by atoms with E-state index in [-0.39, 0.29) is 17.5 Å². The number of piperidine rings is 1. The number of pyridine rings is 1. The smallest absolute Gasteiger partial charge is 0.358 e. The Morgan fingerprint density at radius 1 is 1.23 bits per heavy atom. The number of tetrazole rings is 1. The van der Waals surface area contributed by atoms with Crippen molar-refractivity contribution in [2.45, 2.75) is 19.4 Å². The molecule has 11 heteroatoms. The molecule has 0 aromatic carbocycles. The lowest BCUT2D eigenvalue weighted by Crippen LogP contribution is -2.41. The summed E-state index contributed by atoms with van der Waals surface area (Å²) in [6.45, 7) is 1.73. The molecule has 3 aromatic rings. The SMILES string of the molecule is O=C(O)c1cn(CC2CCCN(C(=O)c3cccc4nnnn34)C2)nn1. The number of aromatic carboxylic acids is 1. The van der Waals surface area contributed by atoms with E-state index in [2.05, 4.69) is 25.8 Å². The number of aromatic nitrogens is 7. The standard InChI is InChI=1S/C15H16N8O3/c24-14(12-4-1-5-13-17-18-20-23(12)13)21-6-2-3-10(7-21)8-22-9-11(15(25)26)16-19-22/h1,4-5,9-10H,2-3,6-8H2,(H,25,26). The Bertz CT molecular complexity index is 965. The summed E-state index contributed by atoms with van der Waals surface area (Å²) in [6.07, 6.45) is 3.20. The van der Waals surface area contributed by atoms with Gasteiger partial charge in [0.1, 0.15) is 5.69 Å². The van der Waals surface area contributed by atoms with E-state index in [0.29, 0.717) is 31.0 Å². The van der Waals surface area contributed by atoms with Crippen LogP contribution in [0.2, 0.25) is 0 Å². The van der Waals surface area contributed by atoms with Crippen molar-refractivity contribution in [2.75, 3.05) is 13.1 Å². The van der Waals surface area contributed by atoms with Crippen LogP contribution in [-0.4, -0.2) is 70.0 Å². The van der Waals surface area contributed by atoms with Crippen molar-refractivity contribution in [1.29, 1.82) is 0 Å². The number of hydrogen-bond donors (Lipinski definition) is 1. The van der Waals surface area contributed by atoms with Gasteiger partial charge in [0.2, 0.25) is 0 Å². The van der Waals surface area contributed by atoms with E-state index in [1.54, 1.807) is 23.1 Å². The second-order valence-corrected chi connectivity index (χ2v) is 6.25. The fraction of sp³-hybridized carbons (Fsp3) is 0.400. The van der Waals surface area contributed by atoms with Crippen molar-refractivity contribution in [3.05, 3.63) is 35.8 Å². The fourth-order valence-electron chi connectivity index (χ4n) is 3.24. The first-order valence-corrected chi connectivity index (χ1v) is 8.21. The lowest BCUT2D eigenvalue weighted by atomic mass is 9.97. The maximum Gasteiger partial charge on any atom is 0.358 e. The molecule has 1 saturated heterocycles. The van der Waals surface area contributed by atoms with Crippen molar-refractivity contribution in [3.8, 4) is 0 Å². The van der Waals surface area contributed by atoms with Crippen LogP contribution in [0.3, 0.4) is 0 Å². The Labute approximate surface area is 147 Å². The van der Waals surface area contributed by atoms with Gasteiger partial charge in [-0.05, 0) is 41.3 Å². The van der Waals surface area contributed by atoms with Crippen molar-refractivity contribution in [3.63, 3.8) is 0 Å². The molecule has 0 radical (unpaired) electrons. The molecule has 1 N–H and O–H groups in total. The summed E-state index contributed by atoms with van der Waals surface area (Å²) in [6, 6.07) is 5.19. The van der Waals surface area contributed by atoms with E-state index in [1.807, 2.05) is 0 Å². The van der Waals surface area contributed by atoms with Crippen LogP contribution in [0.5, 0.6) is 0 Å². The zero-order chi connectivity index (χ0) is 18.1. The highest BCUT2D eigenvalue weighted by atomic mass is 16.4. The predicted molar refractivity (Wildman–Crippen MR) is 86.4 cm³/mol. The van der Waals surface area contributed by atoms with E-state index in [1.165, 1.54) is 15.4 Å². The Kier molecular flexibility index (Phi) is 4.03. The van der Waals surface area contributed by atoms with Gasteiger partial charge in [-0.1, -0.05) is 11.3 Å². The third kappa shape index (κ3) is 2.98. The van der Waals surface area contributed by atoms with Gasteiger partial charge in [-0.15, -0.1) is 10.2 Å². The summed E-state index contributed by atoms with van der Waals surface area (Å²) in [5.41, 5.74) is 0.856. The van der Waals surface area contributed by atoms with Gasteiger partial charge in [-0.3, -0.25) is 9.48 Å². The van der Waals surface area contributed by atoms with Crippen LogP contribution < -0.4 is 0 Å². The Morgan fingerprint density at radius 3 is 2.92 bits per heavy atom. The van der Waals surface area contributed by atoms with Crippen LogP contribution in [0, 0.1) is 5.92 Å². The van der Waals surface area contributed by atoms with Crippen molar-refractivity contribution >= 4 is 17.5 Å². The number of hydrogen-bond acceptors (Lipinski definition) is 7. The van der Waals surface area contributed by atoms with Crippen LogP contribution in [-0.2, 0) is 6.54 Å². The largest absolute Gasteiger partial charge is 0.476 e. The summed E-state index contributed by atoms with van der Waals surface area (Å²) in [5.74, 6) is -1.06. The molecule has 1 amide bonds. The van der Waals surface area contributed by atoms with Gasteiger partial charge >= 0.3 is 5.97 Å². The lowest BCUT2D eigenvalue weighted by molar-refractivity contribution is 0.0649. The molecule has 3 aromatic heterocycles. The number of carboxylic acids is 1. The molecule has 0 bridgehead atoms. The van der Waals surface area contributed by atoms with Gasteiger partial charge in [0.15, 0.2) is 11.3 Å². The summed E-state index contributed by atoms with van der Waals surface area (Å²) >= 11 is 0. The number of carboxylic acid groups (broad SMARTS) is 1. The molecule has 134 valence electrons. The van der Waals surface area contributed by atoms with Crippen molar-refractivity contribution in [1.82, 2.24) is 39.9 Å². The fourth-order valence-corrected chi connectivity index (χ4v) is 3.24. The molecule has 1 fully saturated rings. The minimum absolute atomic E-state index is 0.0842. The third-order valence-electron chi connectivity index (χ3n) is 4.45. The van der Waals surface area contributed by atoms with Crippen LogP contribution >= 0.6 is 0 Å².